The largest absolute Gasteiger partial charge is 0.334 e. The summed E-state index contributed by atoms with van der Waals surface area (Å²) in [5.74, 6) is 0. The molecule has 0 aliphatic rings. The van der Waals surface area contributed by atoms with E-state index in [0.717, 1.165) is 11.1 Å². The van der Waals surface area contributed by atoms with Crippen molar-refractivity contribution in [2.24, 2.45) is 5.73 Å². The fourth-order valence-corrected chi connectivity index (χ4v) is 1.78. The third-order valence-electron chi connectivity index (χ3n) is 2.98. The molecule has 0 fully saturated rings. The van der Waals surface area contributed by atoms with Gasteiger partial charge in [0, 0.05) is 18.8 Å². The molecule has 2 rings (SSSR count). The van der Waals surface area contributed by atoms with Crippen molar-refractivity contribution >= 4 is 11.7 Å². The van der Waals surface area contributed by atoms with Gasteiger partial charge in [0.1, 0.15) is 0 Å². The molecular formula is C16H16N4O. The fourth-order valence-electron chi connectivity index (χ4n) is 1.78. The van der Waals surface area contributed by atoms with Gasteiger partial charge in [0.05, 0.1) is 11.6 Å². The van der Waals surface area contributed by atoms with E-state index in [1.807, 2.05) is 30.3 Å². The van der Waals surface area contributed by atoms with Crippen molar-refractivity contribution in [1.29, 1.82) is 5.26 Å². The van der Waals surface area contributed by atoms with Crippen molar-refractivity contribution < 1.29 is 4.79 Å². The van der Waals surface area contributed by atoms with E-state index in [2.05, 4.69) is 10.6 Å². The van der Waals surface area contributed by atoms with Gasteiger partial charge in [0.25, 0.3) is 0 Å². The second-order valence-corrected chi connectivity index (χ2v) is 4.52. The van der Waals surface area contributed by atoms with E-state index in [4.69, 9.17) is 11.0 Å². The molecule has 0 saturated heterocycles. The highest BCUT2D eigenvalue weighted by atomic mass is 16.2. The number of nitriles is 1. The summed E-state index contributed by atoms with van der Waals surface area (Å²) in [5, 5.41) is 14.2. The molecule has 0 unspecified atom stereocenters. The average Bonchev–Trinajstić information content (AvgIpc) is 2.54. The van der Waals surface area contributed by atoms with Crippen molar-refractivity contribution in [3.63, 3.8) is 0 Å². The van der Waals surface area contributed by atoms with Gasteiger partial charge in [-0.05, 0) is 35.4 Å². The molecule has 0 spiro atoms. The van der Waals surface area contributed by atoms with Crippen LogP contribution in [-0.4, -0.2) is 6.03 Å². The number of nitrogens with two attached hydrogens (primary N) is 1. The zero-order chi connectivity index (χ0) is 15.1. The van der Waals surface area contributed by atoms with Gasteiger partial charge in [-0.3, -0.25) is 0 Å². The minimum absolute atomic E-state index is 0.289. The third-order valence-corrected chi connectivity index (χ3v) is 2.98. The van der Waals surface area contributed by atoms with Crippen molar-refractivity contribution in [3.05, 3.63) is 65.2 Å². The summed E-state index contributed by atoms with van der Waals surface area (Å²) in [5.41, 5.74) is 8.79. The van der Waals surface area contributed by atoms with Crippen LogP contribution in [0.25, 0.3) is 0 Å². The van der Waals surface area contributed by atoms with Gasteiger partial charge in [0.15, 0.2) is 0 Å². The lowest BCUT2D eigenvalue weighted by Crippen LogP contribution is -2.28. The molecule has 4 N–H and O–H groups in total. The van der Waals surface area contributed by atoms with Gasteiger partial charge in [-0.25, -0.2) is 4.79 Å². The molecular weight excluding hydrogens is 264 g/mol. The first-order valence-corrected chi connectivity index (χ1v) is 6.54. The molecule has 5 nitrogen and oxygen atoms in total. The summed E-state index contributed by atoms with van der Waals surface area (Å²) in [4.78, 5) is 11.8. The second kappa shape index (κ2) is 7.08. The SMILES string of the molecule is N#Cc1ccc(NC(=O)NCc2ccc(CN)cc2)cc1. The lowest BCUT2D eigenvalue weighted by atomic mass is 10.1. The molecule has 0 saturated carbocycles. The van der Waals surface area contributed by atoms with Crippen LogP contribution in [0.1, 0.15) is 16.7 Å². The molecule has 2 aromatic carbocycles. The zero-order valence-electron chi connectivity index (χ0n) is 11.5. The topological polar surface area (TPSA) is 90.9 Å². The Kier molecular flexibility index (Phi) is 4.91. The van der Waals surface area contributed by atoms with E-state index in [1.165, 1.54) is 0 Å². The minimum atomic E-state index is -0.289. The maximum Gasteiger partial charge on any atom is 0.319 e. The van der Waals surface area contributed by atoms with E-state index >= 15 is 0 Å². The van der Waals surface area contributed by atoms with Crippen LogP contribution in [0.4, 0.5) is 10.5 Å². The molecule has 0 bridgehead atoms. The molecule has 0 heterocycles. The Labute approximate surface area is 123 Å². The van der Waals surface area contributed by atoms with Crippen LogP contribution in [0.2, 0.25) is 0 Å². The summed E-state index contributed by atoms with van der Waals surface area (Å²) in [6.45, 7) is 0.944. The summed E-state index contributed by atoms with van der Waals surface area (Å²) >= 11 is 0. The average molecular weight is 280 g/mol. The molecule has 0 atom stereocenters. The lowest BCUT2D eigenvalue weighted by molar-refractivity contribution is 0.251. The monoisotopic (exact) mass is 280 g/mol. The van der Waals surface area contributed by atoms with E-state index in [1.54, 1.807) is 24.3 Å². The van der Waals surface area contributed by atoms with Gasteiger partial charge in [-0.15, -0.1) is 0 Å². The standard InChI is InChI=1S/C16H16N4O/c17-9-12-1-3-14(4-2-12)11-19-16(21)20-15-7-5-13(10-18)6-8-15/h1-8H,9,11,17H2,(H2,19,20,21). The summed E-state index contributed by atoms with van der Waals surface area (Å²) < 4.78 is 0. The van der Waals surface area contributed by atoms with E-state index in [0.29, 0.717) is 24.3 Å². The first-order chi connectivity index (χ1) is 10.2. The Balaban J connectivity index is 1.85. The predicted octanol–water partition coefficient (Wildman–Crippen LogP) is 2.34. The maximum absolute atomic E-state index is 11.8. The van der Waals surface area contributed by atoms with Crippen molar-refractivity contribution in [1.82, 2.24) is 5.32 Å². The fraction of sp³-hybridized carbons (Fsp3) is 0.125. The predicted molar refractivity (Wildman–Crippen MR) is 81.3 cm³/mol. The minimum Gasteiger partial charge on any atom is -0.334 e. The summed E-state index contributed by atoms with van der Waals surface area (Å²) in [6, 6.07) is 16.2. The van der Waals surface area contributed by atoms with Crippen LogP contribution >= 0.6 is 0 Å². The molecule has 21 heavy (non-hydrogen) atoms. The number of benzene rings is 2. The van der Waals surface area contributed by atoms with Crippen LogP contribution in [0.5, 0.6) is 0 Å². The Bertz CT molecular complexity index is 641. The number of amides is 2. The first kappa shape index (κ1) is 14.6. The molecule has 106 valence electrons. The number of rotatable bonds is 4. The molecule has 2 aromatic rings. The van der Waals surface area contributed by atoms with Crippen molar-refractivity contribution in [2.75, 3.05) is 5.32 Å². The highest BCUT2D eigenvalue weighted by molar-refractivity contribution is 5.89. The number of nitrogens with zero attached hydrogens (tertiary/aromatic N) is 1. The Morgan fingerprint density at radius 2 is 1.67 bits per heavy atom. The Morgan fingerprint density at radius 3 is 2.24 bits per heavy atom. The Hall–Kier alpha value is -2.84. The second-order valence-electron chi connectivity index (χ2n) is 4.52. The number of urea groups is 1. The van der Waals surface area contributed by atoms with Crippen LogP contribution in [0.3, 0.4) is 0 Å². The first-order valence-electron chi connectivity index (χ1n) is 6.54. The zero-order valence-corrected chi connectivity index (χ0v) is 11.5. The third kappa shape index (κ3) is 4.34. The number of anilines is 1. The quantitative estimate of drug-likeness (QED) is 0.802. The molecule has 0 aliphatic heterocycles. The lowest BCUT2D eigenvalue weighted by Gasteiger charge is -2.08. The van der Waals surface area contributed by atoms with Crippen molar-refractivity contribution in [2.45, 2.75) is 13.1 Å². The highest BCUT2D eigenvalue weighted by Crippen LogP contribution is 2.08. The smallest absolute Gasteiger partial charge is 0.319 e. The molecule has 5 heteroatoms. The number of nitrogens with one attached hydrogen (secondary N) is 2. The number of carbonyl (C=O) groups is 1. The Morgan fingerprint density at radius 1 is 1.05 bits per heavy atom. The maximum atomic E-state index is 11.8. The van der Waals surface area contributed by atoms with E-state index in [9.17, 15) is 4.79 Å². The van der Waals surface area contributed by atoms with Gasteiger partial charge in [-0.1, -0.05) is 24.3 Å². The van der Waals surface area contributed by atoms with Crippen molar-refractivity contribution in [3.8, 4) is 6.07 Å². The van der Waals surface area contributed by atoms with Crippen LogP contribution in [-0.2, 0) is 13.1 Å². The van der Waals surface area contributed by atoms with Gasteiger partial charge >= 0.3 is 6.03 Å². The normalized spacial score (nSPS) is 9.71. The van der Waals surface area contributed by atoms with Crippen LogP contribution in [0.15, 0.2) is 48.5 Å². The van der Waals surface area contributed by atoms with Gasteiger partial charge in [-0.2, -0.15) is 5.26 Å². The number of carbonyl (C=O) groups excluding carboxylic acids is 1. The molecule has 0 radical (unpaired) electrons. The van der Waals surface area contributed by atoms with Crippen LogP contribution in [0, 0.1) is 11.3 Å². The summed E-state index contributed by atoms with van der Waals surface area (Å²) in [7, 11) is 0. The number of hydrogen-bond donors (Lipinski definition) is 3. The summed E-state index contributed by atoms with van der Waals surface area (Å²) in [6.07, 6.45) is 0. The molecule has 2 amide bonds. The molecule has 0 aliphatic carbocycles. The highest BCUT2D eigenvalue weighted by Gasteiger charge is 2.02. The van der Waals surface area contributed by atoms with Crippen LogP contribution < -0.4 is 16.4 Å². The van der Waals surface area contributed by atoms with E-state index < -0.39 is 0 Å². The number of hydrogen-bond acceptors (Lipinski definition) is 3. The van der Waals surface area contributed by atoms with Gasteiger partial charge < -0.3 is 16.4 Å². The van der Waals surface area contributed by atoms with Gasteiger partial charge in [0.2, 0.25) is 0 Å². The van der Waals surface area contributed by atoms with E-state index in [-0.39, 0.29) is 6.03 Å². The molecule has 0 aromatic heterocycles.